The van der Waals surface area contributed by atoms with Gasteiger partial charge in [-0.2, -0.15) is 0 Å². The highest BCUT2D eigenvalue weighted by Crippen LogP contribution is 2.48. The first-order valence-electron chi connectivity index (χ1n) is 10.2. The van der Waals surface area contributed by atoms with Crippen LogP contribution in [0.15, 0.2) is 85.1 Å². The van der Waals surface area contributed by atoms with Gasteiger partial charge in [0.1, 0.15) is 11.5 Å². The molecule has 0 spiro atoms. The average Bonchev–Trinajstić information content (AvgIpc) is 2.78. The molecule has 3 aromatic carbocycles. The van der Waals surface area contributed by atoms with Gasteiger partial charge in [0, 0.05) is 39.1 Å². The third kappa shape index (κ3) is 2.45. The van der Waals surface area contributed by atoms with Gasteiger partial charge in [0.15, 0.2) is 0 Å². The topological polar surface area (TPSA) is 35.0 Å². The van der Waals surface area contributed by atoms with E-state index in [-0.39, 0.29) is 5.41 Å². The largest absolute Gasteiger partial charge is 0.457 e. The van der Waals surface area contributed by atoms with Crippen molar-refractivity contribution in [3.05, 3.63) is 96.2 Å². The van der Waals surface area contributed by atoms with Gasteiger partial charge in [-0.05, 0) is 24.3 Å². The Morgan fingerprint density at radius 3 is 2.37 bits per heavy atom. The van der Waals surface area contributed by atoms with Crippen molar-refractivity contribution in [3.63, 3.8) is 0 Å². The average molecular weight is 388 g/mol. The van der Waals surface area contributed by atoms with Crippen LogP contribution in [0.5, 0.6) is 11.5 Å². The number of pyridine rings is 2. The minimum atomic E-state index is -0.111. The normalized spacial score (nSPS) is 14.2. The number of hydrogen-bond donors (Lipinski definition) is 0. The molecule has 0 unspecified atom stereocenters. The molecule has 0 bridgehead atoms. The second-order valence-electron chi connectivity index (χ2n) is 8.34. The Kier molecular flexibility index (Phi) is 3.51. The Bertz CT molecular complexity index is 1450. The highest BCUT2D eigenvalue weighted by Gasteiger charge is 2.34. The van der Waals surface area contributed by atoms with Crippen molar-refractivity contribution in [2.75, 3.05) is 0 Å². The summed E-state index contributed by atoms with van der Waals surface area (Å²) in [5, 5.41) is 2.19. The smallest absolute Gasteiger partial charge is 0.132 e. The first-order valence-corrected chi connectivity index (χ1v) is 10.2. The second-order valence-corrected chi connectivity index (χ2v) is 8.34. The lowest BCUT2D eigenvalue weighted by atomic mass is 9.75. The number of rotatable bonds is 1. The predicted octanol–water partition coefficient (Wildman–Crippen LogP) is 6.88. The molecule has 0 saturated carbocycles. The van der Waals surface area contributed by atoms with Crippen LogP contribution in [0, 0.1) is 0 Å². The van der Waals surface area contributed by atoms with Crippen molar-refractivity contribution < 1.29 is 4.74 Å². The van der Waals surface area contributed by atoms with Gasteiger partial charge >= 0.3 is 0 Å². The minimum Gasteiger partial charge on any atom is -0.457 e. The van der Waals surface area contributed by atoms with E-state index in [4.69, 9.17) is 9.72 Å². The number of nitrogens with zero attached hydrogens (tertiary/aromatic N) is 2. The fourth-order valence-electron chi connectivity index (χ4n) is 4.50. The van der Waals surface area contributed by atoms with Crippen molar-refractivity contribution in [2.24, 2.45) is 0 Å². The van der Waals surface area contributed by atoms with Crippen molar-refractivity contribution in [3.8, 4) is 22.8 Å². The van der Waals surface area contributed by atoms with Crippen LogP contribution in [-0.4, -0.2) is 9.97 Å². The maximum absolute atomic E-state index is 6.29. The molecular formula is C27H20N2O. The zero-order valence-electron chi connectivity index (χ0n) is 16.9. The molecule has 1 aliphatic rings. The van der Waals surface area contributed by atoms with Crippen LogP contribution in [0.1, 0.15) is 25.0 Å². The molecule has 3 heterocycles. The molecule has 6 rings (SSSR count). The van der Waals surface area contributed by atoms with Crippen LogP contribution < -0.4 is 4.74 Å². The molecule has 0 amide bonds. The number of fused-ring (bicyclic) bond motifs is 5. The maximum Gasteiger partial charge on any atom is 0.132 e. The summed E-state index contributed by atoms with van der Waals surface area (Å²) in [6.45, 7) is 4.50. The van der Waals surface area contributed by atoms with E-state index in [1.54, 1.807) is 0 Å². The molecule has 0 N–H and O–H groups in total. The van der Waals surface area contributed by atoms with Gasteiger partial charge in [-0.1, -0.05) is 68.4 Å². The Morgan fingerprint density at radius 1 is 0.700 bits per heavy atom. The highest BCUT2D eigenvalue weighted by atomic mass is 16.5. The van der Waals surface area contributed by atoms with E-state index >= 15 is 0 Å². The Hall–Kier alpha value is -3.72. The first kappa shape index (κ1) is 17.2. The number of ether oxygens (including phenoxy) is 1. The quantitative estimate of drug-likeness (QED) is 0.294. The van der Waals surface area contributed by atoms with Crippen molar-refractivity contribution in [1.82, 2.24) is 9.97 Å². The van der Waals surface area contributed by atoms with Crippen molar-refractivity contribution in [2.45, 2.75) is 19.3 Å². The van der Waals surface area contributed by atoms with E-state index in [0.717, 1.165) is 44.6 Å². The summed E-state index contributed by atoms with van der Waals surface area (Å²) in [5.41, 5.74) is 6.11. The Balaban J connectivity index is 1.52. The van der Waals surface area contributed by atoms with E-state index in [1.807, 2.05) is 24.4 Å². The lowest BCUT2D eigenvalue weighted by Gasteiger charge is -2.34. The molecule has 0 fully saturated rings. The summed E-state index contributed by atoms with van der Waals surface area (Å²) in [6, 6.07) is 27.1. The molecule has 5 aromatic rings. The first-order chi connectivity index (χ1) is 14.6. The second kappa shape index (κ2) is 6.14. The molecule has 2 aromatic heterocycles. The summed E-state index contributed by atoms with van der Waals surface area (Å²) in [4.78, 5) is 9.56. The Morgan fingerprint density at radius 2 is 1.47 bits per heavy atom. The number of para-hydroxylation sites is 1. The van der Waals surface area contributed by atoms with E-state index in [0.29, 0.717) is 0 Å². The monoisotopic (exact) mass is 388 g/mol. The van der Waals surface area contributed by atoms with E-state index in [2.05, 4.69) is 79.5 Å². The number of aromatic nitrogens is 2. The van der Waals surface area contributed by atoms with Gasteiger partial charge < -0.3 is 4.74 Å². The van der Waals surface area contributed by atoms with E-state index in [1.165, 1.54) is 11.1 Å². The minimum absolute atomic E-state index is 0.111. The van der Waals surface area contributed by atoms with E-state index in [9.17, 15) is 0 Å². The van der Waals surface area contributed by atoms with Gasteiger partial charge in [-0.25, -0.2) is 4.98 Å². The fourth-order valence-corrected chi connectivity index (χ4v) is 4.50. The molecule has 0 aliphatic carbocycles. The van der Waals surface area contributed by atoms with Crippen LogP contribution in [0.25, 0.3) is 33.1 Å². The highest BCUT2D eigenvalue weighted by molar-refractivity contribution is 6.03. The molecule has 3 nitrogen and oxygen atoms in total. The fraction of sp³-hybridized carbons (Fsp3) is 0.111. The maximum atomic E-state index is 6.29. The van der Waals surface area contributed by atoms with Crippen LogP contribution in [-0.2, 0) is 5.41 Å². The molecular weight excluding hydrogens is 368 g/mol. The molecule has 1 aliphatic heterocycles. The lowest BCUT2D eigenvalue weighted by molar-refractivity contribution is 0.418. The molecule has 144 valence electrons. The zero-order valence-corrected chi connectivity index (χ0v) is 16.9. The molecule has 0 atom stereocenters. The standard InChI is InChI=1S/C27H20N2O/c1-27(2)20-7-3-4-8-23(20)30-24-16-19(11-13-21(24)27)22-14-12-18-10-9-17-6-5-15-28-25(17)26(18)29-22/h3-16H,1-2H3. The van der Waals surface area contributed by atoms with Crippen LogP contribution in [0.2, 0.25) is 0 Å². The SMILES string of the molecule is CC1(C)c2ccccc2Oc2cc(-c3ccc4ccc5cccnc5c4n3)ccc21. The molecule has 3 heteroatoms. The summed E-state index contributed by atoms with van der Waals surface area (Å²) < 4.78 is 6.29. The number of benzene rings is 3. The summed E-state index contributed by atoms with van der Waals surface area (Å²) >= 11 is 0. The van der Waals surface area contributed by atoms with Gasteiger partial charge in [0.25, 0.3) is 0 Å². The van der Waals surface area contributed by atoms with Gasteiger partial charge in [0.2, 0.25) is 0 Å². The summed E-state index contributed by atoms with van der Waals surface area (Å²) in [7, 11) is 0. The van der Waals surface area contributed by atoms with Gasteiger partial charge in [-0.3, -0.25) is 4.98 Å². The number of hydrogen-bond acceptors (Lipinski definition) is 3. The van der Waals surface area contributed by atoms with Crippen molar-refractivity contribution in [1.29, 1.82) is 0 Å². The molecule has 0 radical (unpaired) electrons. The molecule has 0 saturated heterocycles. The lowest BCUT2D eigenvalue weighted by Crippen LogP contribution is -2.24. The van der Waals surface area contributed by atoms with Crippen molar-refractivity contribution >= 4 is 21.8 Å². The van der Waals surface area contributed by atoms with Crippen LogP contribution in [0.3, 0.4) is 0 Å². The van der Waals surface area contributed by atoms with E-state index < -0.39 is 0 Å². The molecule has 30 heavy (non-hydrogen) atoms. The van der Waals surface area contributed by atoms with Crippen LogP contribution >= 0.6 is 0 Å². The zero-order chi connectivity index (χ0) is 20.3. The third-order valence-electron chi connectivity index (χ3n) is 6.16. The van der Waals surface area contributed by atoms with Crippen LogP contribution in [0.4, 0.5) is 0 Å². The van der Waals surface area contributed by atoms with Gasteiger partial charge in [0.05, 0.1) is 16.7 Å². The summed E-state index contributed by atoms with van der Waals surface area (Å²) in [5.74, 6) is 1.82. The predicted molar refractivity (Wildman–Crippen MR) is 121 cm³/mol. The van der Waals surface area contributed by atoms with Gasteiger partial charge in [-0.15, -0.1) is 0 Å². The Labute approximate surface area is 175 Å². The third-order valence-corrected chi connectivity index (χ3v) is 6.16. The summed E-state index contributed by atoms with van der Waals surface area (Å²) in [6.07, 6.45) is 1.82.